The first-order chi connectivity index (χ1) is 6.60. The summed E-state index contributed by atoms with van der Waals surface area (Å²) >= 11 is 0. The number of rotatable bonds is 3. The molecule has 0 aromatic rings. The van der Waals surface area contributed by atoms with E-state index < -0.39 is 11.4 Å². The minimum atomic E-state index is -0.609. The summed E-state index contributed by atoms with van der Waals surface area (Å²) < 4.78 is 0. The first-order valence-corrected chi connectivity index (χ1v) is 5.45. The van der Waals surface area contributed by atoms with Crippen LogP contribution >= 0.6 is 0 Å². The van der Waals surface area contributed by atoms with E-state index in [1.165, 1.54) is 0 Å². The highest BCUT2D eigenvalue weighted by Crippen LogP contribution is 2.42. The Labute approximate surface area is 86.0 Å². The summed E-state index contributed by atoms with van der Waals surface area (Å²) in [6, 6.07) is 0. The number of hydrogen-bond donors (Lipinski definition) is 1. The van der Waals surface area contributed by atoms with Crippen LogP contribution in [0, 0.1) is 11.3 Å². The van der Waals surface area contributed by atoms with Gasteiger partial charge in [0.2, 0.25) is 0 Å². The highest BCUT2D eigenvalue weighted by molar-refractivity contribution is 5.75. The van der Waals surface area contributed by atoms with Gasteiger partial charge in [0.25, 0.3) is 0 Å². The van der Waals surface area contributed by atoms with Gasteiger partial charge < -0.3 is 5.11 Å². The lowest BCUT2D eigenvalue weighted by molar-refractivity contribution is -0.151. The third-order valence-electron chi connectivity index (χ3n) is 3.43. The molecular weight excluding hydrogens is 176 g/mol. The van der Waals surface area contributed by atoms with Gasteiger partial charge in [-0.3, -0.25) is 4.79 Å². The molecule has 0 amide bonds. The Hall–Kier alpha value is -0.790. The molecule has 0 spiro atoms. The largest absolute Gasteiger partial charge is 0.481 e. The molecule has 0 aliphatic heterocycles. The molecule has 1 N–H and O–H groups in total. The fourth-order valence-corrected chi connectivity index (χ4v) is 2.16. The molecule has 0 saturated heterocycles. The molecule has 1 saturated carbocycles. The number of carbonyl (C=O) groups is 1. The number of carboxylic acid groups (broad SMARTS) is 1. The van der Waals surface area contributed by atoms with Gasteiger partial charge in [-0.25, -0.2) is 0 Å². The van der Waals surface area contributed by atoms with E-state index in [0.29, 0.717) is 12.3 Å². The summed E-state index contributed by atoms with van der Waals surface area (Å²) in [7, 11) is 0. The lowest BCUT2D eigenvalue weighted by Crippen LogP contribution is -2.34. The molecule has 2 nitrogen and oxygen atoms in total. The zero-order chi connectivity index (χ0) is 10.6. The van der Waals surface area contributed by atoms with Gasteiger partial charge in [-0.05, 0) is 44.9 Å². The molecule has 0 unspecified atom stereocenters. The first-order valence-electron chi connectivity index (χ1n) is 5.45. The molecule has 0 radical (unpaired) electrons. The maximum atomic E-state index is 11.3. The van der Waals surface area contributed by atoms with Crippen molar-refractivity contribution in [2.75, 3.05) is 0 Å². The van der Waals surface area contributed by atoms with Crippen LogP contribution in [0.25, 0.3) is 0 Å². The van der Waals surface area contributed by atoms with Crippen molar-refractivity contribution in [2.24, 2.45) is 11.3 Å². The van der Waals surface area contributed by atoms with Crippen molar-refractivity contribution < 1.29 is 9.90 Å². The van der Waals surface area contributed by atoms with Crippen molar-refractivity contribution >= 4 is 5.97 Å². The smallest absolute Gasteiger partial charge is 0.309 e. The SMILES string of the molecule is CC=CCC1(C(=O)O)CCC(C)CC1. The Kier molecular flexibility index (Phi) is 3.73. The van der Waals surface area contributed by atoms with Crippen LogP contribution in [-0.4, -0.2) is 11.1 Å². The number of hydrogen-bond acceptors (Lipinski definition) is 1. The number of carboxylic acids is 1. The van der Waals surface area contributed by atoms with E-state index in [1.807, 2.05) is 19.1 Å². The van der Waals surface area contributed by atoms with Gasteiger partial charge >= 0.3 is 5.97 Å². The summed E-state index contributed by atoms with van der Waals surface area (Å²) in [5.41, 5.74) is -0.459. The Balaban J connectivity index is 2.68. The van der Waals surface area contributed by atoms with Gasteiger partial charge in [0.15, 0.2) is 0 Å². The Morgan fingerprint density at radius 2 is 2.07 bits per heavy atom. The van der Waals surface area contributed by atoms with Crippen molar-refractivity contribution in [1.29, 1.82) is 0 Å². The van der Waals surface area contributed by atoms with E-state index in [1.54, 1.807) is 0 Å². The fourth-order valence-electron chi connectivity index (χ4n) is 2.16. The van der Waals surface area contributed by atoms with Crippen molar-refractivity contribution in [2.45, 2.75) is 46.0 Å². The van der Waals surface area contributed by atoms with E-state index in [2.05, 4.69) is 6.92 Å². The quantitative estimate of drug-likeness (QED) is 0.703. The van der Waals surface area contributed by atoms with E-state index >= 15 is 0 Å². The third kappa shape index (κ3) is 2.37. The van der Waals surface area contributed by atoms with Gasteiger partial charge in [0.1, 0.15) is 0 Å². The van der Waals surface area contributed by atoms with Crippen molar-refractivity contribution in [3.8, 4) is 0 Å². The molecule has 0 aromatic heterocycles. The maximum absolute atomic E-state index is 11.3. The minimum absolute atomic E-state index is 0.459. The summed E-state index contributed by atoms with van der Waals surface area (Å²) in [5.74, 6) is 0.0931. The second kappa shape index (κ2) is 4.63. The molecule has 0 aromatic carbocycles. The zero-order valence-corrected chi connectivity index (χ0v) is 9.12. The molecule has 0 atom stereocenters. The monoisotopic (exact) mass is 196 g/mol. The Morgan fingerprint density at radius 3 is 2.50 bits per heavy atom. The highest BCUT2D eigenvalue weighted by Gasteiger charge is 2.39. The minimum Gasteiger partial charge on any atom is -0.481 e. The number of aliphatic carboxylic acids is 1. The first kappa shape index (κ1) is 11.3. The lowest BCUT2D eigenvalue weighted by atomic mass is 9.69. The molecule has 1 fully saturated rings. The third-order valence-corrected chi connectivity index (χ3v) is 3.43. The summed E-state index contributed by atoms with van der Waals surface area (Å²) in [5, 5.41) is 9.27. The van der Waals surface area contributed by atoms with Crippen molar-refractivity contribution in [3.63, 3.8) is 0 Å². The van der Waals surface area contributed by atoms with Crippen molar-refractivity contribution in [1.82, 2.24) is 0 Å². The van der Waals surface area contributed by atoms with Crippen LogP contribution < -0.4 is 0 Å². The summed E-state index contributed by atoms with van der Waals surface area (Å²) in [4.78, 5) is 11.3. The molecule has 0 heterocycles. The van der Waals surface area contributed by atoms with Gasteiger partial charge in [0, 0.05) is 0 Å². The normalized spacial score (nSPS) is 33.4. The van der Waals surface area contributed by atoms with Crippen LogP contribution in [0.2, 0.25) is 0 Å². The molecule has 14 heavy (non-hydrogen) atoms. The van der Waals surface area contributed by atoms with Crippen LogP contribution in [-0.2, 0) is 4.79 Å². The van der Waals surface area contributed by atoms with Gasteiger partial charge in [-0.15, -0.1) is 0 Å². The summed E-state index contributed by atoms with van der Waals surface area (Å²) in [6.07, 6.45) is 8.44. The molecule has 1 aliphatic carbocycles. The zero-order valence-electron chi connectivity index (χ0n) is 9.12. The average Bonchev–Trinajstić information content (AvgIpc) is 2.17. The van der Waals surface area contributed by atoms with Crippen LogP contribution in [0.4, 0.5) is 0 Å². The molecule has 1 rings (SSSR count). The van der Waals surface area contributed by atoms with Crippen LogP contribution in [0.15, 0.2) is 12.2 Å². The molecule has 80 valence electrons. The Morgan fingerprint density at radius 1 is 1.50 bits per heavy atom. The fraction of sp³-hybridized carbons (Fsp3) is 0.750. The van der Waals surface area contributed by atoms with E-state index in [9.17, 15) is 9.90 Å². The van der Waals surface area contributed by atoms with E-state index in [0.717, 1.165) is 25.7 Å². The molecule has 1 aliphatic rings. The predicted molar refractivity (Wildman–Crippen MR) is 57.1 cm³/mol. The maximum Gasteiger partial charge on any atom is 0.309 e. The highest BCUT2D eigenvalue weighted by atomic mass is 16.4. The van der Waals surface area contributed by atoms with E-state index in [-0.39, 0.29) is 0 Å². The predicted octanol–water partition coefficient (Wildman–Crippen LogP) is 3.23. The van der Waals surface area contributed by atoms with Crippen LogP contribution in [0.1, 0.15) is 46.0 Å². The van der Waals surface area contributed by atoms with E-state index in [4.69, 9.17) is 0 Å². The molecule has 0 bridgehead atoms. The van der Waals surface area contributed by atoms with Gasteiger partial charge in [-0.2, -0.15) is 0 Å². The standard InChI is InChI=1S/C12H20O2/c1-3-4-7-12(11(13)14)8-5-10(2)6-9-12/h3-4,10H,5-9H2,1-2H3,(H,13,14). The molecular formula is C12H20O2. The van der Waals surface area contributed by atoms with Crippen LogP contribution in [0.5, 0.6) is 0 Å². The van der Waals surface area contributed by atoms with Gasteiger partial charge in [0.05, 0.1) is 5.41 Å². The topological polar surface area (TPSA) is 37.3 Å². The average molecular weight is 196 g/mol. The summed E-state index contributed by atoms with van der Waals surface area (Å²) in [6.45, 7) is 4.16. The van der Waals surface area contributed by atoms with Gasteiger partial charge in [-0.1, -0.05) is 19.1 Å². The Bertz CT molecular complexity index is 222. The lowest BCUT2D eigenvalue weighted by Gasteiger charge is -2.35. The molecule has 2 heteroatoms. The number of allylic oxidation sites excluding steroid dienone is 2. The second-order valence-electron chi connectivity index (χ2n) is 4.54. The second-order valence-corrected chi connectivity index (χ2v) is 4.54. The van der Waals surface area contributed by atoms with Crippen LogP contribution in [0.3, 0.4) is 0 Å². The van der Waals surface area contributed by atoms with Crippen molar-refractivity contribution in [3.05, 3.63) is 12.2 Å².